The van der Waals surface area contributed by atoms with E-state index < -0.39 is 0 Å². The molecule has 1 aliphatic heterocycles. The number of carbonyl (C=O) groups excluding carboxylic acids is 2. The summed E-state index contributed by atoms with van der Waals surface area (Å²) in [5.74, 6) is -0.381. The quantitative estimate of drug-likeness (QED) is 0.631. The molecule has 0 aliphatic carbocycles. The first-order chi connectivity index (χ1) is 14.1. The van der Waals surface area contributed by atoms with E-state index in [-0.39, 0.29) is 30.3 Å². The van der Waals surface area contributed by atoms with Crippen LogP contribution in [0.5, 0.6) is 0 Å². The molecule has 1 aromatic carbocycles. The van der Waals surface area contributed by atoms with Gasteiger partial charge in [-0.15, -0.1) is 25.6 Å². The number of aromatic nitrogens is 2. The number of carbonyl (C=O) groups is 2. The van der Waals surface area contributed by atoms with E-state index in [1.807, 2.05) is 10.9 Å². The molecule has 2 N–H and O–H groups in total. The minimum Gasteiger partial charge on any atom is -0.331 e. The highest BCUT2D eigenvalue weighted by atomic mass is 35.5. The first-order valence-corrected chi connectivity index (χ1v) is 9.80. The minimum absolute atomic E-state index is 0. The average Bonchev–Trinajstić information content (AvgIpc) is 3.25. The molecule has 30 heavy (non-hydrogen) atoms. The third-order valence-electron chi connectivity index (χ3n) is 4.86. The van der Waals surface area contributed by atoms with Crippen molar-refractivity contribution in [2.45, 2.75) is 18.9 Å². The summed E-state index contributed by atoms with van der Waals surface area (Å²) in [7, 11) is 0. The van der Waals surface area contributed by atoms with Gasteiger partial charge in [0.25, 0.3) is 11.8 Å². The van der Waals surface area contributed by atoms with Crippen molar-refractivity contribution in [2.24, 2.45) is 0 Å². The smallest absolute Gasteiger partial charge is 0.276 e. The van der Waals surface area contributed by atoms with Crippen molar-refractivity contribution < 1.29 is 9.59 Å². The molecular formula is C22H28ClN5O2. The van der Waals surface area contributed by atoms with Gasteiger partial charge in [-0.3, -0.25) is 14.3 Å². The van der Waals surface area contributed by atoms with Gasteiger partial charge in [-0.05, 0) is 49.7 Å². The lowest BCUT2D eigenvalue weighted by Crippen LogP contribution is -2.32. The van der Waals surface area contributed by atoms with Crippen LogP contribution >= 0.6 is 12.4 Å². The molecule has 0 saturated carbocycles. The second-order valence-corrected chi connectivity index (χ2v) is 7.00. The van der Waals surface area contributed by atoms with E-state index in [2.05, 4.69) is 28.9 Å². The van der Waals surface area contributed by atoms with Crippen LogP contribution in [0.4, 0.5) is 5.69 Å². The highest BCUT2D eigenvalue weighted by Crippen LogP contribution is 2.17. The lowest BCUT2D eigenvalue weighted by molar-refractivity contribution is 0.0790. The van der Waals surface area contributed by atoms with E-state index in [9.17, 15) is 9.59 Å². The molecule has 2 amide bonds. The second kappa shape index (κ2) is 11.3. The van der Waals surface area contributed by atoms with Gasteiger partial charge < -0.3 is 15.5 Å². The Morgan fingerprint density at radius 2 is 1.90 bits per heavy atom. The van der Waals surface area contributed by atoms with Gasteiger partial charge in [0.05, 0.1) is 6.04 Å². The van der Waals surface area contributed by atoms with Crippen molar-refractivity contribution in [1.82, 2.24) is 20.0 Å². The van der Waals surface area contributed by atoms with Crippen molar-refractivity contribution in [3.8, 4) is 0 Å². The van der Waals surface area contributed by atoms with Crippen molar-refractivity contribution >= 4 is 29.9 Å². The molecule has 3 rings (SSSR count). The second-order valence-electron chi connectivity index (χ2n) is 7.00. The molecule has 1 atom stereocenters. The average molecular weight is 430 g/mol. The maximum atomic E-state index is 12.6. The topological polar surface area (TPSA) is 79.3 Å². The number of nitrogens with zero attached hydrogens (tertiary/aromatic N) is 3. The van der Waals surface area contributed by atoms with Gasteiger partial charge in [-0.1, -0.05) is 12.2 Å². The lowest BCUT2D eigenvalue weighted by Gasteiger charge is -2.22. The molecule has 0 bridgehead atoms. The zero-order chi connectivity index (χ0) is 20.6. The van der Waals surface area contributed by atoms with Gasteiger partial charge >= 0.3 is 0 Å². The Bertz CT molecular complexity index is 862. The monoisotopic (exact) mass is 429 g/mol. The first kappa shape index (κ1) is 23.4. The van der Waals surface area contributed by atoms with E-state index >= 15 is 0 Å². The number of rotatable bonds is 8. The van der Waals surface area contributed by atoms with Gasteiger partial charge in [-0.25, -0.2) is 0 Å². The summed E-state index contributed by atoms with van der Waals surface area (Å²) < 4.78 is 1.86. The predicted molar refractivity (Wildman–Crippen MR) is 121 cm³/mol. The molecule has 1 fully saturated rings. The SMILES string of the molecule is C=CCN(CC=C)C(=O)c1ccc(NC(=O)c2ccn(C3CCCNC3)n2)cc1.Cl. The Labute approximate surface area is 183 Å². The fourth-order valence-corrected chi connectivity index (χ4v) is 3.35. The van der Waals surface area contributed by atoms with Crippen LogP contribution in [-0.4, -0.2) is 52.7 Å². The minimum atomic E-state index is -0.272. The van der Waals surface area contributed by atoms with Gasteiger partial charge in [0.2, 0.25) is 0 Å². The standard InChI is InChI=1S/C22H27N5O2.ClH/c1-3-13-26(14-4-2)22(29)17-7-9-18(10-8-17)24-21(28)20-11-15-27(25-20)19-6-5-12-23-16-19;/h3-4,7-11,15,19,23H,1-2,5-6,12-14,16H2,(H,24,28);1H. The highest BCUT2D eigenvalue weighted by Gasteiger charge is 2.18. The summed E-state index contributed by atoms with van der Waals surface area (Å²) in [6.45, 7) is 10.2. The van der Waals surface area contributed by atoms with Crippen LogP contribution in [0.2, 0.25) is 0 Å². The molecule has 2 heterocycles. The molecule has 0 spiro atoms. The largest absolute Gasteiger partial charge is 0.331 e. The summed E-state index contributed by atoms with van der Waals surface area (Å²) in [6, 6.07) is 8.84. The zero-order valence-electron chi connectivity index (χ0n) is 16.9. The third kappa shape index (κ3) is 5.81. The molecule has 1 saturated heterocycles. The Hall–Kier alpha value is -2.90. The Balaban J connectivity index is 0.00000320. The van der Waals surface area contributed by atoms with Crippen LogP contribution in [0.1, 0.15) is 39.7 Å². The van der Waals surface area contributed by atoms with E-state index in [0.717, 1.165) is 25.9 Å². The molecule has 2 aromatic rings. The lowest BCUT2D eigenvalue weighted by atomic mass is 10.1. The van der Waals surface area contributed by atoms with Crippen molar-refractivity contribution in [2.75, 3.05) is 31.5 Å². The first-order valence-electron chi connectivity index (χ1n) is 9.80. The number of hydrogen-bond acceptors (Lipinski definition) is 4. The van der Waals surface area contributed by atoms with Gasteiger partial charge in [0.1, 0.15) is 0 Å². The highest BCUT2D eigenvalue weighted by molar-refractivity contribution is 6.03. The summed E-state index contributed by atoms with van der Waals surface area (Å²) >= 11 is 0. The van der Waals surface area contributed by atoms with Gasteiger partial charge in [0, 0.05) is 37.1 Å². The normalized spacial score (nSPS) is 15.5. The molecule has 7 nitrogen and oxygen atoms in total. The van der Waals surface area contributed by atoms with E-state index in [1.54, 1.807) is 47.4 Å². The molecule has 1 aliphatic rings. The number of nitrogens with one attached hydrogen (secondary N) is 2. The van der Waals surface area contributed by atoms with Crippen LogP contribution in [0.3, 0.4) is 0 Å². The van der Waals surface area contributed by atoms with E-state index in [4.69, 9.17) is 0 Å². The molecule has 1 unspecified atom stereocenters. The van der Waals surface area contributed by atoms with Crippen LogP contribution in [0.25, 0.3) is 0 Å². The summed E-state index contributed by atoms with van der Waals surface area (Å²) in [6.07, 6.45) is 7.37. The number of benzene rings is 1. The maximum Gasteiger partial charge on any atom is 0.276 e. The number of amides is 2. The van der Waals surface area contributed by atoms with Crippen molar-refractivity contribution in [3.63, 3.8) is 0 Å². The van der Waals surface area contributed by atoms with Crippen LogP contribution in [-0.2, 0) is 0 Å². The van der Waals surface area contributed by atoms with Crippen LogP contribution in [0, 0.1) is 0 Å². The summed E-state index contributed by atoms with van der Waals surface area (Å²) in [4.78, 5) is 26.7. The molecular weight excluding hydrogens is 402 g/mol. The molecule has 0 radical (unpaired) electrons. The number of hydrogen-bond donors (Lipinski definition) is 2. The van der Waals surface area contributed by atoms with Gasteiger partial charge in [-0.2, -0.15) is 5.10 Å². The van der Waals surface area contributed by atoms with Crippen LogP contribution < -0.4 is 10.6 Å². The Morgan fingerprint density at radius 1 is 1.20 bits per heavy atom. The van der Waals surface area contributed by atoms with E-state index in [0.29, 0.717) is 30.0 Å². The Kier molecular flexibility index (Phi) is 8.83. The maximum absolute atomic E-state index is 12.6. The summed E-state index contributed by atoms with van der Waals surface area (Å²) in [5.41, 5.74) is 1.53. The number of piperidine rings is 1. The molecule has 8 heteroatoms. The van der Waals surface area contributed by atoms with Crippen LogP contribution in [0.15, 0.2) is 61.8 Å². The predicted octanol–water partition coefficient (Wildman–Crippen LogP) is 3.30. The van der Waals surface area contributed by atoms with E-state index in [1.165, 1.54) is 0 Å². The third-order valence-corrected chi connectivity index (χ3v) is 4.86. The number of halogens is 1. The summed E-state index contributed by atoms with van der Waals surface area (Å²) in [5, 5.41) is 10.6. The fourth-order valence-electron chi connectivity index (χ4n) is 3.35. The van der Waals surface area contributed by atoms with Crippen molar-refractivity contribution in [3.05, 3.63) is 73.1 Å². The van der Waals surface area contributed by atoms with Crippen molar-refractivity contribution in [1.29, 1.82) is 0 Å². The zero-order valence-corrected chi connectivity index (χ0v) is 17.7. The molecule has 1 aromatic heterocycles. The van der Waals surface area contributed by atoms with Gasteiger partial charge in [0.15, 0.2) is 5.69 Å². The Morgan fingerprint density at radius 3 is 2.50 bits per heavy atom. The fraction of sp³-hybridized carbons (Fsp3) is 0.318. The number of anilines is 1. The molecule has 160 valence electrons.